The lowest BCUT2D eigenvalue weighted by atomic mass is 10.0. The summed E-state index contributed by atoms with van der Waals surface area (Å²) in [5, 5.41) is 19.2. The number of aliphatic hydroxyl groups excluding tert-OH is 1. The van der Waals surface area contributed by atoms with Crippen molar-refractivity contribution >= 4 is 33.3 Å². The first-order valence-corrected chi connectivity index (χ1v) is 15.1. The molecule has 12 nitrogen and oxygen atoms in total. The molecule has 3 amide bonds. The molecular weight excluding hydrogens is 562 g/mol. The van der Waals surface area contributed by atoms with Crippen molar-refractivity contribution in [2.45, 2.75) is 51.2 Å². The highest BCUT2D eigenvalue weighted by Crippen LogP contribution is 2.30. The van der Waals surface area contributed by atoms with E-state index in [1.165, 1.54) is 11.4 Å². The van der Waals surface area contributed by atoms with Gasteiger partial charge >= 0.3 is 6.03 Å². The van der Waals surface area contributed by atoms with Crippen molar-refractivity contribution in [1.82, 2.24) is 14.4 Å². The van der Waals surface area contributed by atoms with Gasteiger partial charge in [0.05, 0.1) is 25.6 Å². The third-order valence-corrected chi connectivity index (χ3v) is 9.35. The SMILES string of the molecule is Cc1noc(C)c1S(=O)(=O)N(C)C[C@H]1Oc2ccc(NC(=O)Nc3ccccc3)cc2CC(=O)N([C@H](C)CO)C[C@H]1C. The van der Waals surface area contributed by atoms with Crippen LogP contribution in [-0.2, 0) is 21.2 Å². The summed E-state index contributed by atoms with van der Waals surface area (Å²) in [5.41, 5.74) is 1.85. The van der Waals surface area contributed by atoms with E-state index in [2.05, 4.69) is 15.8 Å². The van der Waals surface area contributed by atoms with E-state index in [0.29, 0.717) is 22.7 Å². The number of carbonyl (C=O) groups is 2. The van der Waals surface area contributed by atoms with Crippen LogP contribution in [-0.4, -0.2) is 78.7 Å². The maximum atomic E-state index is 13.5. The van der Waals surface area contributed by atoms with Crippen LogP contribution < -0.4 is 15.4 Å². The van der Waals surface area contributed by atoms with Crippen molar-refractivity contribution in [2.24, 2.45) is 5.92 Å². The third-order valence-electron chi connectivity index (χ3n) is 7.28. The average molecular weight is 600 g/mol. The van der Waals surface area contributed by atoms with Gasteiger partial charge in [0.2, 0.25) is 15.9 Å². The average Bonchev–Trinajstić information content (AvgIpc) is 3.31. The number of urea groups is 1. The van der Waals surface area contributed by atoms with Crippen molar-refractivity contribution in [1.29, 1.82) is 0 Å². The van der Waals surface area contributed by atoms with Gasteiger partial charge in [-0.25, -0.2) is 13.2 Å². The molecule has 0 spiro atoms. The first kappa shape index (κ1) is 31.0. The molecule has 0 unspecified atom stereocenters. The number of hydrogen-bond donors (Lipinski definition) is 3. The summed E-state index contributed by atoms with van der Waals surface area (Å²) in [4.78, 5) is 27.7. The van der Waals surface area contributed by atoms with Gasteiger partial charge in [-0.1, -0.05) is 30.3 Å². The number of fused-ring (bicyclic) bond motifs is 1. The highest BCUT2D eigenvalue weighted by Gasteiger charge is 2.35. The first-order valence-electron chi connectivity index (χ1n) is 13.6. The number of ether oxygens (including phenoxy) is 1. The minimum Gasteiger partial charge on any atom is -0.488 e. The normalized spacial score (nSPS) is 18.4. The first-order chi connectivity index (χ1) is 19.9. The lowest BCUT2D eigenvalue weighted by molar-refractivity contribution is -0.134. The Bertz CT molecular complexity index is 1510. The number of benzene rings is 2. The molecule has 1 aliphatic rings. The van der Waals surface area contributed by atoms with Crippen molar-refractivity contribution in [3.63, 3.8) is 0 Å². The molecule has 4 rings (SSSR count). The monoisotopic (exact) mass is 599 g/mol. The molecule has 0 aliphatic carbocycles. The fourth-order valence-corrected chi connectivity index (χ4v) is 6.36. The fourth-order valence-electron chi connectivity index (χ4n) is 4.89. The van der Waals surface area contributed by atoms with Gasteiger partial charge in [-0.2, -0.15) is 4.31 Å². The van der Waals surface area contributed by atoms with E-state index < -0.39 is 28.2 Å². The number of likely N-dealkylation sites (N-methyl/N-ethyl adjacent to an activating group) is 1. The zero-order chi connectivity index (χ0) is 30.6. The molecule has 0 fully saturated rings. The van der Waals surface area contributed by atoms with Crippen LogP contribution in [0.2, 0.25) is 0 Å². The Balaban J connectivity index is 1.63. The number of nitrogens with zero attached hydrogens (tertiary/aromatic N) is 3. The number of rotatable bonds is 8. The Morgan fingerprint density at radius 2 is 1.86 bits per heavy atom. The van der Waals surface area contributed by atoms with Crippen molar-refractivity contribution in [3.05, 3.63) is 65.5 Å². The van der Waals surface area contributed by atoms with Crippen molar-refractivity contribution < 1.29 is 32.4 Å². The Morgan fingerprint density at radius 1 is 1.17 bits per heavy atom. The molecule has 13 heteroatoms. The van der Waals surface area contributed by atoms with Crippen LogP contribution in [0.1, 0.15) is 30.9 Å². The molecule has 3 N–H and O–H groups in total. The summed E-state index contributed by atoms with van der Waals surface area (Å²) in [6.45, 7) is 6.71. The molecule has 2 aromatic carbocycles. The number of hydrogen-bond acceptors (Lipinski definition) is 8. The summed E-state index contributed by atoms with van der Waals surface area (Å²) < 4.78 is 39.6. The highest BCUT2D eigenvalue weighted by atomic mass is 32.2. The molecule has 3 aromatic rings. The topological polar surface area (TPSA) is 154 Å². The molecule has 2 heterocycles. The van der Waals surface area contributed by atoms with Gasteiger partial charge < -0.3 is 29.9 Å². The van der Waals surface area contributed by atoms with Crippen LogP contribution in [0.5, 0.6) is 5.75 Å². The van der Waals surface area contributed by atoms with Crippen LogP contribution in [0.15, 0.2) is 57.9 Å². The maximum absolute atomic E-state index is 13.5. The molecule has 3 atom stereocenters. The van der Waals surface area contributed by atoms with Gasteiger partial charge in [0.15, 0.2) is 5.76 Å². The molecule has 0 bridgehead atoms. The second kappa shape index (κ2) is 12.9. The van der Waals surface area contributed by atoms with Crippen LogP contribution in [0.3, 0.4) is 0 Å². The zero-order valence-electron chi connectivity index (χ0n) is 24.3. The quantitative estimate of drug-likeness (QED) is 0.356. The number of carbonyl (C=O) groups excluding carboxylic acids is 2. The number of sulfonamides is 1. The molecule has 0 radical (unpaired) electrons. The Morgan fingerprint density at radius 3 is 2.50 bits per heavy atom. The standard InChI is InChI=1S/C29H37N5O7S/c1-18-15-34(19(2)17-35)27(36)14-22-13-24(31-29(37)30-23-9-7-6-8-10-23)11-12-25(22)40-26(18)16-33(5)42(38,39)28-20(3)32-41-21(28)4/h6-13,18-19,26,35H,14-17H2,1-5H3,(H2,30,31,37)/t18-,19-,26-/m1/s1. The number of amides is 3. The smallest absolute Gasteiger partial charge is 0.323 e. The van der Waals surface area contributed by atoms with Crippen LogP contribution in [0.4, 0.5) is 16.2 Å². The Hall–Kier alpha value is -3.94. The van der Waals surface area contributed by atoms with Gasteiger partial charge in [0, 0.05) is 36.4 Å². The van der Waals surface area contributed by atoms with Crippen LogP contribution >= 0.6 is 0 Å². The van der Waals surface area contributed by atoms with Gasteiger partial charge in [-0.05, 0) is 51.1 Å². The largest absolute Gasteiger partial charge is 0.488 e. The Labute approximate surface area is 245 Å². The molecule has 0 saturated heterocycles. The summed E-state index contributed by atoms with van der Waals surface area (Å²) >= 11 is 0. The molecule has 1 aromatic heterocycles. The summed E-state index contributed by atoms with van der Waals surface area (Å²) in [6, 6.07) is 13.0. The van der Waals surface area contributed by atoms with Gasteiger partial charge in [0.25, 0.3) is 0 Å². The van der Waals surface area contributed by atoms with E-state index in [-0.39, 0.29) is 54.3 Å². The molecule has 42 heavy (non-hydrogen) atoms. The lowest BCUT2D eigenvalue weighted by Crippen LogP contribution is -2.48. The maximum Gasteiger partial charge on any atom is 0.323 e. The Kier molecular flexibility index (Phi) is 9.54. The van der Waals surface area contributed by atoms with E-state index >= 15 is 0 Å². The van der Waals surface area contributed by atoms with E-state index in [1.54, 1.807) is 68.1 Å². The van der Waals surface area contributed by atoms with Gasteiger partial charge in [-0.3, -0.25) is 4.79 Å². The second-order valence-corrected chi connectivity index (χ2v) is 12.6. The number of aryl methyl sites for hydroxylation is 2. The van der Waals surface area contributed by atoms with Crippen LogP contribution in [0.25, 0.3) is 0 Å². The lowest BCUT2D eigenvalue weighted by Gasteiger charge is -2.33. The van der Waals surface area contributed by atoms with Crippen molar-refractivity contribution in [3.8, 4) is 5.75 Å². The second-order valence-electron chi connectivity index (χ2n) is 10.6. The number of anilines is 2. The van der Waals surface area contributed by atoms with Gasteiger partial charge in [-0.15, -0.1) is 0 Å². The minimum absolute atomic E-state index is 0.0105. The van der Waals surface area contributed by atoms with Crippen molar-refractivity contribution in [2.75, 3.05) is 37.4 Å². The molecular formula is C29H37N5O7S. The molecule has 1 aliphatic heterocycles. The summed E-state index contributed by atoms with van der Waals surface area (Å²) in [7, 11) is -2.50. The van der Waals surface area contributed by atoms with Crippen LogP contribution in [0, 0.1) is 19.8 Å². The number of aliphatic hydroxyl groups is 1. The number of aromatic nitrogens is 1. The predicted molar refractivity (Wildman–Crippen MR) is 157 cm³/mol. The summed E-state index contributed by atoms with van der Waals surface area (Å²) in [5.74, 6) is 0.0519. The van der Waals surface area contributed by atoms with Gasteiger partial charge in [0.1, 0.15) is 22.4 Å². The predicted octanol–water partition coefficient (Wildman–Crippen LogP) is 3.41. The number of nitrogens with one attached hydrogen (secondary N) is 2. The van der Waals surface area contributed by atoms with E-state index in [4.69, 9.17) is 9.26 Å². The van der Waals surface area contributed by atoms with E-state index in [1.807, 2.05) is 13.0 Å². The van der Waals surface area contributed by atoms with E-state index in [9.17, 15) is 23.1 Å². The van der Waals surface area contributed by atoms with E-state index in [0.717, 1.165) is 0 Å². The zero-order valence-corrected chi connectivity index (χ0v) is 25.1. The fraction of sp³-hybridized carbons (Fsp3) is 0.414. The third kappa shape index (κ3) is 6.92. The molecule has 226 valence electrons. The number of para-hydroxylation sites is 1. The minimum atomic E-state index is -3.96. The summed E-state index contributed by atoms with van der Waals surface area (Å²) in [6.07, 6.45) is -0.703. The molecule has 0 saturated carbocycles. The highest BCUT2D eigenvalue weighted by molar-refractivity contribution is 7.89.